The zero-order valence-corrected chi connectivity index (χ0v) is 17.9. The van der Waals surface area contributed by atoms with Crippen LogP contribution in [0.25, 0.3) is 0 Å². The van der Waals surface area contributed by atoms with Crippen LogP contribution >= 0.6 is 0 Å². The molecule has 1 rings (SSSR count). The van der Waals surface area contributed by atoms with Gasteiger partial charge < -0.3 is 29.9 Å². The summed E-state index contributed by atoms with van der Waals surface area (Å²) in [5.74, 6) is -0.0406. The lowest BCUT2D eigenvalue weighted by atomic mass is 9.81. The average Bonchev–Trinajstić information content (AvgIpc) is 3.31. The molecule has 0 aromatic carbocycles. The van der Waals surface area contributed by atoms with Crippen LogP contribution in [0.1, 0.15) is 48.0 Å². The van der Waals surface area contributed by atoms with Gasteiger partial charge in [-0.15, -0.1) is 0 Å². The predicted molar refractivity (Wildman–Crippen MR) is 105 cm³/mol. The van der Waals surface area contributed by atoms with E-state index in [1.165, 1.54) is 0 Å². The highest BCUT2D eigenvalue weighted by molar-refractivity contribution is 4.91. The summed E-state index contributed by atoms with van der Waals surface area (Å²) in [6.07, 6.45) is -0.135. The third-order valence-corrected chi connectivity index (χ3v) is 5.52. The molecule has 1 saturated heterocycles. The quantitative estimate of drug-likeness (QED) is 0.322. The molecular weight excluding hydrogens is 350 g/mol. The first-order chi connectivity index (χ1) is 12.4. The summed E-state index contributed by atoms with van der Waals surface area (Å²) >= 11 is 0. The number of rotatable bonds is 14. The van der Waals surface area contributed by atoms with Crippen molar-refractivity contribution in [3.05, 3.63) is 0 Å². The molecule has 1 fully saturated rings. The Morgan fingerprint density at radius 3 is 2.04 bits per heavy atom. The molecule has 0 radical (unpaired) electrons. The Morgan fingerprint density at radius 1 is 1.04 bits per heavy atom. The van der Waals surface area contributed by atoms with E-state index in [0.717, 1.165) is 6.54 Å². The second kappa shape index (κ2) is 9.96. The molecule has 4 unspecified atom stereocenters. The SMILES string of the molecule is CC(CO)CC(CO)(CO)COC(C)(C)COC(C)(C)C(O)CN1CC1C. The smallest absolute Gasteiger partial charge is 0.0951 e. The van der Waals surface area contributed by atoms with Gasteiger partial charge in [-0.3, -0.25) is 4.90 Å². The van der Waals surface area contributed by atoms with E-state index in [-0.39, 0.29) is 39.0 Å². The van der Waals surface area contributed by atoms with Gasteiger partial charge in [-0.25, -0.2) is 0 Å². The summed E-state index contributed by atoms with van der Waals surface area (Å²) in [5, 5.41) is 39.3. The van der Waals surface area contributed by atoms with Crippen LogP contribution in [0, 0.1) is 11.3 Å². The van der Waals surface area contributed by atoms with Gasteiger partial charge in [0.25, 0.3) is 0 Å². The third kappa shape index (κ3) is 7.93. The number of nitrogens with zero attached hydrogens (tertiary/aromatic N) is 1. The van der Waals surface area contributed by atoms with E-state index in [9.17, 15) is 20.4 Å². The molecule has 1 aliphatic heterocycles. The lowest BCUT2D eigenvalue weighted by Crippen LogP contribution is -2.48. The molecule has 0 aromatic rings. The van der Waals surface area contributed by atoms with Crippen LogP contribution in [0.15, 0.2) is 0 Å². The van der Waals surface area contributed by atoms with E-state index < -0.39 is 22.7 Å². The topological polar surface area (TPSA) is 102 Å². The molecule has 7 heteroatoms. The third-order valence-electron chi connectivity index (χ3n) is 5.52. The molecule has 0 aromatic heterocycles. The average molecular weight is 392 g/mol. The lowest BCUT2D eigenvalue weighted by Gasteiger charge is -2.38. The minimum atomic E-state index is -0.802. The molecule has 0 bridgehead atoms. The van der Waals surface area contributed by atoms with Gasteiger partial charge in [0.05, 0.1) is 43.7 Å². The van der Waals surface area contributed by atoms with Crippen molar-refractivity contribution in [2.24, 2.45) is 11.3 Å². The van der Waals surface area contributed by atoms with E-state index in [1.807, 2.05) is 34.6 Å². The van der Waals surface area contributed by atoms with Gasteiger partial charge in [-0.2, -0.15) is 0 Å². The molecule has 0 amide bonds. The Morgan fingerprint density at radius 2 is 1.59 bits per heavy atom. The van der Waals surface area contributed by atoms with Gasteiger partial charge >= 0.3 is 0 Å². The standard InChI is InChI=1S/C20H41NO6/c1-15(10-22)7-20(11-23,12-24)14-26-18(3,4)13-27-19(5,6)17(25)9-21-8-16(21)2/h15-17,22-25H,7-14H2,1-6H3. The van der Waals surface area contributed by atoms with E-state index in [2.05, 4.69) is 11.8 Å². The molecule has 162 valence electrons. The first kappa shape index (κ1) is 24.8. The molecule has 4 atom stereocenters. The van der Waals surface area contributed by atoms with Crippen LogP contribution in [0.2, 0.25) is 0 Å². The largest absolute Gasteiger partial charge is 0.396 e. The number of hydrogen-bond acceptors (Lipinski definition) is 7. The Labute approximate surface area is 164 Å². The van der Waals surface area contributed by atoms with Crippen LogP contribution in [0.5, 0.6) is 0 Å². The Hall–Kier alpha value is -0.280. The molecule has 1 heterocycles. The highest BCUT2D eigenvalue weighted by Gasteiger charge is 2.39. The Bertz CT molecular complexity index is 438. The minimum Gasteiger partial charge on any atom is -0.396 e. The second-order valence-corrected chi connectivity index (χ2v) is 9.57. The first-order valence-corrected chi connectivity index (χ1v) is 9.93. The van der Waals surface area contributed by atoms with Crippen molar-refractivity contribution < 1.29 is 29.9 Å². The van der Waals surface area contributed by atoms with Crippen LogP contribution in [-0.4, -0.2) is 94.8 Å². The molecule has 27 heavy (non-hydrogen) atoms. The predicted octanol–water partition coefficient (Wildman–Crippen LogP) is 0.631. The summed E-state index contributed by atoms with van der Waals surface area (Å²) in [4.78, 5) is 2.19. The zero-order valence-electron chi connectivity index (χ0n) is 17.9. The molecule has 1 aliphatic rings. The van der Waals surface area contributed by atoms with Crippen LogP contribution < -0.4 is 0 Å². The van der Waals surface area contributed by atoms with Crippen molar-refractivity contribution in [1.82, 2.24) is 4.90 Å². The van der Waals surface area contributed by atoms with E-state index in [4.69, 9.17) is 9.47 Å². The molecule has 0 saturated carbocycles. The maximum absolute atomic E-state index is 10.5. The summed E-state index contributed by atoms with van der Waals surface area (Å²) < 4.78 is 12.0. The van der Waals surface area contributed by atoms with Crippen molar-refractivity contribution in [2.45, 2.75) is 71.3 Å². The first-order valence-electron chi connectivity index (χ1n) is 9.93. The van der Waals surface area contributed by atoms with Gasteiger partial charge in [0.1, 0.15) is 0 Å². The van der Waals surface area contributed by atoms with E-state index in [1.54, 1.807) is 0 Å². The maximum Gasteiger partial charge on any atom is 0.0951 e. The molecule has 7 nitrogen and oxygen atoms in total. The van der Waals surface area contributed by atoms with Crippen molar-refractivity contribution in [3.63, 3.8) is 0 Å². The fourth-order valence-corrected chi connectivity index (χ4v) is 2.97. The van der Waals surface area contributed by atoms with Gasteiger partial charge in [0, 0.05) is 31.2 Å². The highest BCUT2D eigenvalue weighted by atomic mass is 16.6. The fraction of sp³-hybridized carbons (Fsp3) is 1.00. The van der Waals surface area contributed by atoms with Crippen molar-refractivity contribution >= 4 is 0 Å². The number of hydrogen-bond donors (Lipinski definition) is 4. The van der Waals surface area contributed by atoms with Crippen molar-refractivity contribution in [2.75, 3.05) is 46.1 Å². The van der Waals surface area contributed by atoms with Gasteiger partial charge in [-0.05, 0) is 47.0 Å². The molecule has 4 N–H and O–H groups in total. The van der Waals surface area contributed by atoms with Crippen LogP contribution in [0.4, 0.5) is 0 Å². The normalized spacial score (nSPS) is 23.3. The van der Waals surface area contributed by atoms with E-state index in [0.29, 0.717) is 19.0 Å². The van der Waals surface area contributed by atoms with Gasteiger partial charge in [0.15, 0.2) is 0 Å². The Balaban J connectivity index is 2.55. The molecule has 0 spiro atoms. The summed E-state index contributed by atoms with van der Waals surface area (Å²) in [7, 11) is 0. The second-order valence-electron chi connectivity index (χ2n) is 9.57. The summed E-state index contributed by atoms with van der Waals surface area (Å²) in [6, 6.07) is 0.529. The zero-order chi connectivity index (χ0) is 20.9. The molecular formula is C20H41NO6. The maximum atomic E-state index is 10.5. The number of aliphatic hydroxyl groups excluding tert-OH is 4. The monoisotopic (exact) mass is 391 g/mol. The fourth-order valence-electron chi connectivity index (χ4n) is 2.97. The lowest BCUT2D eigenvalue weighted by molar-refractivity contribution is -0.172. The number of β-amino-alcohol motifs (C(OH)–C–C–N with tert-alkyl or cyclic N) is 1. The summed E-state index contributed by atoms with van der Waals surface area (Å²) in [6.45, 7) is 13.1. The van der Waals surface area contributed by atoms with Gasteiger partial charge in [0.2, 0.25) is 0 Å². The minimum absolute atomic E-state index is 0.00400. The van der Waals surface area contributed by atoms with Crippen LogP contribution in [-0.2, 0) is 9.47 Å². The number of aliphatic hydroxyl groups is 4. The highest BCUT2D eigenvalue weighted by Crippen LogP contribution is 2.29. The van der Waals surface area contributed by atoms with Crippen LogP contribution in [0.3, 0.4) is 0 Å². The Kier molecular flexibility index (Phi) is 9.13. The summed E-state index contributed by atoms with van der Waals surface area (Å²) in [5.41, 5.74) is -2.16. The number of ether oxygens (including phenoxy) is 2. The van der Waals surface area contributed by atoms with Gasteiger partial charge in [-0.1, -0.05) is 6.92 Å². The van der Waals surface area contributed by atoms with E-state index >= 15 is 0 Å². The van der Waals surface area contributed by atoms with Crippen molar-refractivity contribution in [3.8, 4) is 0 Å². The molecule has 0 aliphatic carbocycles. The van der Waals surface area contributed by atoms with Crippen molar-refractivity contribution in [1.29, 1.82) is 0 Å².